The summed E-state index contributed by atoms with van der Waals surface area (Å²) >= 11 is 0. The van der Waals surface area contributed by atoms with Crippen molar-refractivity contribution in [3.8, 4) is 0 Å². The van der Waals surface area contributed by atoms with E-state index in [-0.39, 0.29) is 24.2 Å². The molecule has 0 aliphatic carbocycles. The second kappa shape index (κ2) is 9.49. The van der Waals surface area contributed by atoms with E-state index in [1.54, 1.807) is 74.8 Å². The molecule has 0 fully saturated rings. The monoisotopic (exact) mass is 420 g/mol. The lowest BCUT2D eigenvalue weighted by molar-refractivity contribution is -0.125. The molecule has 2 amide bonds. The molecule has 4 N–H and O–H groups in total. The van der Waals surface area contributed by atoms with Gasteiger partial charge in [0.15, 0.2) is 0 Å². The van der Waals surface area contributed by atoms with Gasteiger partial charge in [-0.2, -0.15) is 0 Å². The number of aromatic nitrogens is 1. The zero-order valence-electron chi connectivity index (χ0n) is 17.4. The predicted octanol–water partition coefficient (Wildman–Crippen LogP) is 3.57. The number of amides is 2. The molecule has 1 heterocycles. The molecule has 2 aromatic carbocycles. The van der Waals surface area contributed by atoms with E-state index in [0.29, 0.717) is 16.8 Å². The van der Waals surface area contributed by atoms with E-state index >= 15 is 0 Å². The van der Waals surface area contributed by atoms with Crippen LogP contribution < -0.4 is 16.4 Å². The summed E-state index contributed by atoms with van der Waals surface area (Å²) < 4.78 is 13.2. The number of benzene rings is 2. The number of nitrogens with zero attached hydrogens (tertiary/aromatic N) is 1. The maximum atomic E-state index is 13.2. The van der Waals surface area contributed by atoms with Gasteiger partial charge in [0.25, 0.3) is 5.91 Å². The smallest absolute Gasteiger partial charge is 0.255 e. The van der Waals surface area contributed by atoms with Crippen LogP contribution in [-0.4, -0.2) is 23.3 Å². The molecule has 7 heteroatoms. The van der Waals surface area contributed by atoms with Crippen molar-refractivity contribution in [2.75, 3.05) is 11.9 Å². The highest BCUT2D eigenvalue weighted by molar-refractivity contribution is 6.04. The summed E-state index contributed by atoms with van der Waals surface area (Å²) in [5, 5.41) is 5.65. The first kappa shape index (κ1) is 22.1. The molecular weight excluding hydrogens is 395 g/mol. The van der Waals surface area contributed by atoms with Crippen molar-refractivity contribution in [1.82, 2.24) is 10.3 Å². The maximum absolute atomic E-state index is 13.2. The Morgan fingerprint density at radius 2 is 1.61 bits per heavy atom. The third kappa shape index (κ3) is 5.52. The van der Waals surface area contributed by atoms with E-state index in [9.17, 15) is 14.0 Å². The highest BCUT2D eigenvalue weighted by atomic mass is 19.1. The SMILES string of the molecule is CC(C)(C(=O)NCC(N)c1ccc(C(=O)Nc2ccncc2)cc1)c1ccc(F)cc1. The van der Waals surface area contributed by atoms with Crippen molar-refractivity contribution in [3.05, 3.63) is 95.6 Å². The molecule has 0 saturated heterocycles. The van der Waals surface area contributed by atoms with Gasteiger partial charge in [-0.25, -0.2) is 4.39 Å². The van der Waals surface area contributed by atoms with Crippen LogP contribution in [0.25, 0.3) is 0 Å². The molecule has 1 unspecified atom stereocenters. The first-order valence-electron chi connectivity index (χ1n) is 9.88. The number of halogens is 1. The van der Waals surface area contributed by atoms with Gasteiger partial charge in [-0.15, -0.1) is 0 Å². The zero-order valence-corrected chi connectivity index (χ0v) is 17.4. The van der Waals surface area contributed by atoms with Crippen LogP contribution in [0.1, 0.15) is 41.4 Å². The van der Waals surface area contributed by atoms with E-state index in [1.807, 2.05) is 0 Å². The van der Waals surface area contributed by atoms with Gasteiger partial charge < -0.3 is 16.4 Å². The minimum atomic E-state index is -0.831. The Balaban J connectivity index is 1.57. The number of pyridine rings is 1. The number of nitrogens with one attached hydrogen (secondary N) is 2. The van der Waals surface area contributed by atoms with Gasteiger partial charge in [-0.05, 0) is 61.4 Å². The summed E-state index contributed by atoms with van der Waals surface area (Å²) in [6, 6.07) is 15.8. The van der Waals surface area contributed by atoms with Crippen LogP contribution in [-0.2, 0) is 10.2 Å². The van der Waals surface area contributed by atoms with Gasteiger partial charge in [-0.3, -0.25) is 14.6 Å². The quantitative estimate of drug-likeness (QED) is 0.544. The summed E-state index contributed by atoms with van der Waals surface area (Å²) in [7, 11) is 0. The summed E-state index contributed by atoms with van der Waals surface area (Å²) in [6.07, 6.45) is 3.20. The molecule has 6 nitrogen and oxygen atoms in total. The number of rotatable bonds is 7. The van der Waals surface area contributed by atoms with Crippen molar-refractivity contribution in [2.24, 2.45) is 5.73 Å². The Kier molecular flexibility index (Phi) is 6.77. The summed E-state index contributed by atoms with van der Waals surface area (Å²) in [5.74, 6) is -0.788. The van der Waals surface area contributed by atoms with Crippen LogP contribution in [0.3, 0.4) is 0 Å². The molecule has 160 valence electrons. The molecule has 0 spiro atoms. The fourth-order valence-corrected chi connectivity index (χ4v) is 3.06. The largest absolute Gasteiger partial charge is 0.353 e. The van der Waals surface area contributed by atoms with Crippen LogP contribution in [0.2, 0.25) is 0 Å². The van der Waals surface area contributed by atoms with Crippen molar-refractivity contribution in [3.63, 3.8) is 0 Å². The predicted molar refractivity (Wildman–Crippen MR) is 118 cm³/mol. The van der Waals surface area contributed by atoms with Crippen LogP contribution >= 0.6 is 0 Å². The first-order chi connectivity index (χ1) is 14.8. The van der Waals surface area contributed by atoms with Gasteiger partial charge in [-0.1, -0.05) is 24.3 Å². The molecule has 0 radical (unpaired) electrons. The molecule has 0 bridgehead atoms. The molecule has 0 aliphatic heterocycles. The highest BCUT2D eigenvalue weighted by Crippen LogP contribution is 2.24. The van der Waals surface area contributed by atoms with E-state index in [2.05, 4.69) is 15.6 Å². The zero-order chi connectivity index (χ0) is 22.4. The van der Waals surface area contributed by atoms with Gasteiger partial charge in [0.2, 0.25) is 5.91 Å². The third-order valence-corrected chi connectivity index (χ3v) is 5.16. The molecule has 3 aromatic rings. The van der Waals surface area contributed by atoms with Crippen LogP contribution in [0.15, 0.2) is 73.1 Å². The summed E-state index contributed by atoms with van der Waals surface area (Å²) in [4.78, 5) is 28.9. The summed E-state index contributed by atoms with van der Waals surface area (Å²) in [6.45, 7) is 3.78. The van der Waals surface area contributed by atoms with Crippen LogP contribution in [0, 0.1) is 5.82 Å². The molecule has 1 aromatic heterocycles. The highest BCUT2D eigenvalue weighted by Gasteiger charge is 2.29. The second-order valence-corrected chi connectivity index (χ2v) is 7.76. The maximum Gasteiger partial charge on any atom is 0.255 e. The number of anilines is 1. The second-order valence-electron chi connectivity index (χ2n) is 7.76. The van der Waals surface area contributed by atoms with Gasteiger partial charge >= 0.3 is 0 Å². The number of carbonyl (C=O) groups is 2. The Labute approximate surface area is 180 Å². The molecule has 31 heavy (non-hydrogen) atoms. The number of hydrogen-bond donors (Lipinski definition) is 3. The average Bonchev–Trinajstić information content (AvgIpc) is 2.78. The average molecular weight is 420 g/mol. The van der Waals surface area contributed by atoms with Gasteiger partial charge in [0.05, 0.1) is 5.41 Å². The van der Waals surface area contributed by atoms with Gasteiger partial charge in [0, 0.05) is 36.2 Å². The molecule has 3 rings (SSSR count). The van der Waals surface area contributed by atoms with Crippen molar-refractivity contribution >= 4 is 17.5 Å². The number of nitrogens with two attached hydrogens (primary N) is 1. The molecular formula is C24H25FN4O2. The van der Waals surface area contributed by atoms with Crippen molar-refractivity contribution < 1.29 is 14.0 Å². The Bertz CT molecular complexity index is 1040. The van der Waals surface area contributed by atoms with E-state index < -0.39 is 11.5 Å². The Morgan fingerprint density at radius 3 is 2.23 bits per heavy atom. The first-order valence-corrected chi connectivity index (χ1v) is 9.88. The van der Waals surface area contributed by atoms with Crippen molar-refractivity contribution in [2.45, 2.75) is 25.3 Å². The summed E-state index contributed by atoms with van der Waals surface area (Å²) in [5.41, 5.74) is 8.05. The molecule has 0 saturated carbocycles. The lowest BCUT2D eigenvalue weighted by Gasteiger charge is -2.25. The number of hydrogen-bond acceptors (Lipinski definition) is 4. The third-order valence-electron chi connectivity index (χ3n) is 5.16. The fraction of sp³-hybridized carbons (Fsp3) is 0.208. The van der Waals surface area contributed by atoms with Crippen LogP contribution in [0.4, 0.5) is 10.1 Å². The standard InChI is InChI=1S/C24H25FN4O2/c1-24(2,18-7-9-19(25)10-8-18)23(31)28-15-21(26)16-3-5-17(6-4-16)22(30)29-20-11-13-27-14-12-20/h3-14,21H,15,26H2,1-2H3,(H,28,31)(H,27,29,30). The van der Waals surface area contributed by atoms with E-state index in [0.717, 1.165) is 5.56 Å². The minimum absolute atomic E-state index is 0.206. The Morgan fingerprint density at radius 1 is 1.00 bits per heavy atom. The fourth-order valence-electron chi connectivity index (χ4n) is 3.06. The minimum Gasteiger partial charge on any atom is -0.353 e. The van der Waals surface area contributed by atoms with E-state index in [1.165, 1.54) is 12.1 Å². The van der Waals surface area contributed by atoms with Crippen LogP contribution in [0.5, 0.6) is 0 Å². The molecule has 1 atom stereocenters. The van der Waals surface area contributed by atoms with Gasteiger partial charge in [0.1, 0.15) is 5.82 Å². The van der Waals surface area contributed by atoms with Crippen molar-refractivity contribution in [1.29, 1.82) is 0 Å². The Hall–Kier alpha value is -3.58. The normalized spacial score (nSPS) is 12.1. The lowest BCUT2D eigenvalue weighted by atomic mass is 9.83. The lowest BCUT2D eigenvalue weighted by Crippen LogP contribution is -2.42. The topological polar surface area (TPSA) is 97.1 Å². The van der Waals surface area contributed by atoms with E-state index in [4.69, 9.17) is 5.73 Å². The molecule has 0 aliphatic rings. The number of carbonyl (C=O) groups excluding carboxylic acids is 2.